The van der Waals surface area contributed by atoms with Crippen LogP contribution in [0.4, 0.5) is 0 Å². The van der Waals surface area contributed by atoms with Gasteiger partial charge in [0.2, 0.25) is 11.8 Å². The van der Waals surface area contributed by atoms with Crippen molar-refractivity contribution in [3.63, 3.8) is 0 Å². The lowest BCUT2D eigenvalue weighted by molar-refractivity contribution is -0.193. The molecular formula is C40H72N6O6. The van der Waals surface area contributed by atoms with Gasteiger partial charge in [0.1, 0.15) is 12.1 Å². The summed E-state index contributed by atoms with van der Waals surface area (Å²) in [5.41, 5.74) is 0.318. The lowest BCUT2D eigenvalue weighted by Gasteiger charge is -2.62. The van der Waals surface area contributed by atoms with Crippen molar-refractivity contribution in [3.8, 4) is 0 Å². The molecule has 12 heteroatoms. The van der Waals surface area contributed by atoms with Gasteiger partial charge < -0.3 is 41.1 Å². The van der Waals surface area contributed by atoms with Gasteiger partial charge in [0.15, 0.2) is 0 Å². The molecule has 2 amide bonds. The van der Waals surface area contributed by atoms with Crippen LogP contribution in [0, 0.1) is 52.8 Å². The van der Waals surface area contributed by atoms with Crippen molar-refractivity contribution in [2.24, 2.45) is 52.8 Å². The molecule has 7 aliphatic rings. The smallest absolute Gasteiger partial charge is 0.240 e. The van der Waals surface area contributed by atoms with E-state index < -0.39 is 24.2 Å². The van der Waals surface area contributed by atoms with Crippen molar-refractivity contribution in [1.82, 2.24) is 31.2 Å². The molecule has 5 aliphatic carbocycles. The van der Waals surface area contributed by atoms with Gasteiger partial charge in [-0.2, -0.15) is 5.06 Å². The Hall–Kier alpha value is -1.38. The van der Waals surface area contributed by atoms with Crippen molar-refractivity contribution in [2.75, 3.05) is 60.5 Å². The second kappa shape index (κ2) is 17.2. The molecule has 15 atom stereocenters. The molecule has 7 unspecified atom stereocenters. The van der Waals surface area contributed by atoms with Crippen LogP contribution in [0.3, 0.4) is 0 Å². The molecular weight excluding hydrogens is 660 g/mol. The number of carbonyl (C=O) groups excluding carboxylic acids is 2. The zero-order valence-electron chi connectivity index (χ0n) is 33.2. The minimum atomic E-state index is -0.824. The van der Waals surface area contributed by atoms with Crippen LogP contribution in [0.2, 0.25) is 0 Å². The van der Waals surface area contributed by atoms with Gasteiger partial charge in [-0.15, -0.1) is 0 Å². The van der Waals surface area contributed by atoms with Crippen molar-refractivity contribution in [1.29, 1.82) is 0 Å². The fourth-order valence-corrected chi connectivity index (χ4v) is 11.8. The van der Waals surface area contributed by atoms with E-state index in [9.17, 15) is 19.8 Å². The molecule has 2 saturated heterocycles. The topological polar surface area (TPSA) is 148 Å². The van der Waals surface area contributed by atoms with Gasteiger partial charge in [0, 0.05) is 75.7 Å². The molecule has 6 N–H and O–H groups in total. The Morgan fingerprint density at radius 1 is 1.10 bits per heavy atom. The third-order valence-electron chi connectivity index (χ3n) is 15.1. The fraction of sp³-hybridized carbons (Fsp3) is 0.950. The maximum Gasteiger partial charge on any atom is 0.240 e. The van der Waals surface area contributed by atoms with E-state index in [2.05, 4.69) is 61.0 Å². The highest BCUT2D eigenvalue weighted by Gasteiger charge is 2.58. The number of nitrogens with one attached hydrogen (secondary N) is 4. The quantitative estimate of drug-likeness (QED) is 0.166. The standard InChI is InChI=1S/C40H72N6O6/c1-23-32-18-28(40(32,3)4)19-33(23)44-39(50)36-35(24(2)48)34(22-47)52-46(36)21-25-9-8-10-31(37(25)51-7)26-15-27(17-30(16-26)45(5)6)38(49)43-12-11-29-20-41-13-14-42-29/h23-37,41-42,47-48H,8-22H2,1-7H3,(H,43,49)(H,44,50)/t23-,24-,25?,26?,27?,28+,29?,30?,31?,32-,33-,34-,35-,36-,37?/m0/s1. The summed E-state index contributed by atoms with van der Waals surface area (Å²) in [6.07, 6.45) is 7.41. The van der Waals surface area contributed by atoms with E-state index in [1.165, 1.54) is 6.42 Å². The monoisotopic (exact) mass is 733 g/mol. The number of piperazine rings is 1. The Morgan fingerprint density at radius 3 is 2.52 bits per heavy atom. The van der Waals surface area contributed by atoms with Gasteiger partial charge in [0.25, 0.3) is 0 Å². The maximum atomic E-state index is 14.3. The van der Waals surface area contributed by atoms with Gasteiger partial charge in [-0.05, 0) is 107 Å². The molecule has 0 aromatic carbocycles. The van der Waals surface area contributed by atoms with E-state index in [0.29, 0.717) is 54.3 Å². The first-order valence-corrected chi connectivity index (χ1v) is 20.8. The summed E-state index contributed by atoms with van der Waals surface area (Å²) in [7, 11) is 6.07. The summed E-state index contributed by atoms with van der Waals surface area (Å²) < 4.78 is 6.39. The molecule has 2 heterocycles. The molecule has 12 nitrogen and oxygen atoms in total. The number of amides is 2. The van der Waals surface area contributed by atoms with E-state index in [-0.39, 0.29) is 48.3 Å². The molecule has 0 radical (unpaired) electrons. The first kappa shape index (κ1) is 40.3. The van der Waals surface area contributed by atoms with Crippen LogP contribution in [-0.2, 0) is 19.2 Å². The zero-order chi connectivity index (χ0) is 37.3. The molecule has 0 spiro atoms. The number of hydrogen-bond donors (Lipinski definition) is 6. The summed E-state index contributed by atoms with van der Waals surface area (Å²) in [5.74, 6) is 1.82. The van der Waals surface area contributed by atoms with E-state index in [1.54, 1.807) is 12.0 Å². The SMILES string of the molecule is COC1C(CN2O[C@@H](CO)[C@H]([C@H](C)O)[C@H]2C(=O)N[C@H]2C[C@H]3C[C@@H]([C@@H]2C)C3(C)C)CCCC1C1CC(C(=O)NCCC2CNCCN2)CC(N(C)C)C1. The highest BCUT2D eigenvalue weighted by Crippen LogP contribution is 2.61. The van der Waals surface area contributed by atoms with Gasteiger partial charge in [0.05, 0.1) is 18.8 Å². The average Bonchev–Trinajstić information content (AvgIpc) is 3.51. The highest BCUT2D eigenvalue weighted by atomic mass is 16.7. The normalized spacial score (nSPS) is 42.7. The number of hydrogen-bond acceptors (Lipinski definition) is 10. The van der Waals surface area contributed by atoms with Crippen LogP contribution < -0.4 is 21.3 Å². The number of ether oxygens (including phenoxy) is 1. The third-order valence-corrected chi connectivity index (χ3v) is 15.1. The number of aliphatic hydroxyl groups is 2. The first-order valence-electron chi connectivity index (χ1n) is 20.8. The number of carbonyl (C=O) groups is 2. The lowest BCUT2D eigenvalue weighted by atomic mass is 9.45. The molecule has 52 heavy (non-hydrogen) atoms. The fourth-order valence-electron chi connectivity index (χ4n) is 11.8. The number of rotatable bonds is 13. The van der Waals surface area contributed by atoms with Gasteiger partial charge in [-0.25, -0.2) is 0 Å². The van der Waals surface area contributed by atoms with E-state index in [1.807, 2.05) is 7.11 Å². The number of hydroxylamine groups is 2. The van der Waals surface area contributed by atoms with Crippen molar-refractivity contribution in [3.05, 3.63) is 0 Å². The number of methoxy groups -OCH3 is 1. The molecule has 2 bridgehead atoms. The predicted octanol–water partition coefficient (Wildman–Crippen LogP) is 1.99. The molecule has 0 aromatic rings. The largest absolute Gasteiger partial charge is 0.394 e. The van der Waals surface area contributed by atoms with Crippen LogP contribution in [0.5, 0.6) is 0 Å². The second-order valence-electron chi connectivity index (χ2n) is 18.5. The van der Waals surface area contributed by atoms with Crippen LogP contribution >= 0.6 is 0 Å². The molecule has 5 saturated carbocycles. The Labute approximate surface area is 313 Å². The zero-order valence-corrected chi connectivity index (χ0v) is 33.2. The van der Waals surface area contributed by atoms with Crippen molar-refractivity contribution in [2.45, 2.75) is 128 Å². The Balaban J connectivity index is 1.13. The molecule has 298 valence electrons. The molecule has 7 rings (SSSR count). The van der Waals surface area contributed by atoms with Crippen LogP contribution in [0.1, 0.15) is 85.5 Å². The highest BCUT2D eigenvalue weighted by molar-refractivity contribution is 5.83. The number of aliphatic hydroxyl groups excluding tert-OH is 2. The minimum absolute atomic E-state index is 0.0348. The first-order chi connectivity index (χ1) is 24.8. The van der Waals surface area contributed by atoms with E-state index in [4.69, 9.17) is 9.57 Å². The van der Waals surface area contributed by atoms with Crippen molar-refractivity contribution < 1.29 is 29.4 Å². The summed E-state index contributed by atoms with van der Waals surface area (Å²) in [6, 6.07) is 0.116. The summed E-state index contributed by atoms with van der Waals surface area (Å²) in [5, 5.41) is 36.8. The molecule has 2 aliphatic heterocycles. The maximum absolute atomic E-state index is 14.3. The van der Waals surface area contributed by atoms with E-state index >= 15 is 0 Å². The van der Waals surface area contributed by atoms with Crippen LogP contribution in [0.25, 0.3) is 0 Å². The number of nitrogens with zero attached hydrogens (tertiary/aromatic N) is 2. The average molecular weight is 733 g/mol. The van der Waals surface area contributed by atoms with Gasteiger partial charge in [-0.3, -0.25) is 14.4 Å². The lowest BCUT2D eigenvalue weighted by Crippen LogP contribution is -2.62. The number of fused-ring (bicyclic) bond motifs is 2. The Bertz CT molecular complexity index is 1200. The predicted molar refractivity (Wildman–Crippen MR) is 201 cm³/mol. The van der Waals surface area contributed by atoms with Gasteiger partial charge >= 0.3 is 0 Å². The molecule has 7 fully saturated rings. The van der Waals surface area contributed by atoms with Crippen LogP contribution in [0.15, 0.2) is 0 Å². The van der Waals surface area contributed by atoms with Crippen molar-refractivity contribution >= 4 is 11.8 Å². The third kappa shape index (κ3) is 8.39. The Kier molecular flexibility index (Phi) is 13.3. The van der Waals surface area contributed by atoms with Gasteiger partial charge in [-0.1, -0.05) is 27.2 Å². The minimum Gasteiger partial charge on any atom is -0.394 e. The van der Waals surface area contributed by atoms with Crippen LogP contribution in [-0.4, -0.2) is 135 Å². The van der Waals surface area contributed by atoms with E-state index in [0.717, 1.165) is 71.0 Å². The summed E-state index contributed by atoms with van der Waals surface area (Å²) >= 11 is 0. The molecule has 0 aromatic heterocycles. The summed E-state index contributed by atoms with van der Waals surface area (Å²) in [4.78, 5) is 36.6. The summed E-state index contributed by atoms with van der Waals surface area (Å²) in [6.45, 7) is 12.5. The second-order valence-corrected chi connectivity index (χ2v) is 18.5. The Morgan fingerprint density at radius 2 is 1.88 bits per heavy atom.